The van der Waals surface area contributed by atoms with E-state index in [4.69, 9.17) is 4.74 Å². The Morgan fingerprint density at radius 3 is 2.42 bits per heavy atom. The molecular formula is C26H30N2O3. The normalized spacial score (nSPS) is 11.7. The van der Waals surface area contributed by atoms with E-state index in [1.165, 1.54) is 5.39 Å². The van der Waals surface area contributed by atoms with Gasteiger partial charge in [0, 0.05) is 19.5 Å². The van der Waals surface area contributed by atoms with E-state index in [-0.39, 0.29) is 11.8 Å². The highest BCUT2D eigenvalue weighted by molar-refractivity contribution is 5.88. The number of fused-ring (bicyclic) bond motifs is 1. The van der Waals surface area contributed by atoms with Gasteiger partial charge in [-0.05, 0) is 54.3 Å². The molecule has 1 atom stereocenters. The van der Waals surface area contributed by atoms with E-state index in [0.717, 1.165) is 22.3 Å². The molecule has 1 unspecified atom stereocenters. The third kappa shape index (κ3) is 5.63. The second-order valence-electron chi connectivity index (χ2n) is 7.58. The molecule has 162 valence electrons. The second kappa shape index (κ2) is 10.6. The van der Waals surface area contributed by atoms with Gasteiger partial charge in [0.15, 0.2) is 0 Å². The molecule has 0 aliphatic rings. The number of nitrogens with one attached hydrogen (secondary N) is 1. The Balaban J connectivity index is 1.78. The molecule has 0 radical (unpaired) electrons. The predicted molar refractivity (Wildman–Crippen MR) is 124 cm³/mol. The van der Waals surface area contributed by atoms with Crippen LogP contribution in [0, 0.1) is 0 Å². The summed E-state index contributed by atoms with van der Waals surface area (Å²) in [5, 5.41) is 5.16. The molecule has 5 heteroatoms. The Bertz CT molecular complexity index is 1030. The van der Waals surface area contributed by atoms with Crippen LogP contribution in [0.1, 0.15) is 31.4 Å². The SMILES string of the molecule is CCNC(=O)C(C)N(Cc1ccc(OC)cc1)C(=O)CCc1cccc2ccccc12. The van der Waals surface area contributed by atoms with Crippen LogP contribution < -0.4 is 10.1 Å². The Hall–Kier alpha value is -3.34. The monoisotopic (exact) mass is 418 g/mol. The number of hydrogen-bond acceptors (Lipinski definition) is 3. The average Bonchev–Trinajstić information content (AvgIpc) is 2.81. The van der Waals surface area contributed by atoms with Crippen LogP contribution in [0.2, 0.25) is 0 Å². The molecule has 0 saturated carbocycles. The van der Waals surface area contributed by atoms with Gasteiger partial charge in [-0.15, -0.1) is 0 Å². The van der Waals surface area contributed by atoms with E-state index in [9.17, 15) is 9.59 Å². The lowest BCUT2D eigenvalue weighted by Crippen LogP contribution is -2.47. The van der Waals surface area contributed by atoms with E-state index in [1.807, 2.05) is 49.4 Å². The van der Waals surface area contributed by atoms with Gasteiger partial charge in [-0.25, -0.2) is 0 Å². The van der Waals surface area contributed by atoms with Crippen LogP contribution in [-0.4, -0.2) is 36.4 Å². The predicted octanol–water partition coefficient (Wildman–Crippen LogP) is 4.33. The maximum absolute atomic E-state index is 13.3. The highest BCUT2D eigenvalue weighted by Crippen LogP contribution is 2.21. The summed E-state index contributed by atoms with van der Waals surface area (Å²) in [6.45, 7) is 4.56. The Labute approximate surface area is 184 Å². The quantitative estimate of drug-likeness (QED) is 0.563. The number of methoxy groups -OCH3 is 1. The third-order valence-electron chi connectivity index (χ3n) is 5.52. The summed E-state index contributed by atoms with van der Waals surface area (Å²) in [4.78, 5) is 27.4. The smallest absolute Gasteiger partial charge is 0.242 e. The van der Waals surface area contributed by atoms with Gasteiger partial charge in [0.1, 0.15) is 11.8 Å². The van der Waals surface area contributed by atoms with Gasteiger partial charge in [-0.2, -0.15) is 0 Å². The van der Waals surface area contributed by atoms with Crippen LogP contribution in [0.25, 0.3) is 10.8 Å². The number of carbonyl (C=O) groups excluding carboxylic acids is 2. The molecule has 0 saturated heterocycles. The number of ether oxygens (including phenoxy) is 1. The fourth-order valence-electron chi connectivity index (χ4n) is 3.73. The summed E-state index contributed by atoms with van der Waals surface area (Å²) in [5.74, 6) is 0.575. The van der Waals surface area contributed by atoms with Crippen molar-refractivity contribution in [3.63, 3.8) is 0 Å². The number of amides is 2. The number of carbonyl (C=O) groups is 2. The highest BCUT2D eigenvalue weighted by atomic mass is 16.5. The van der Waals surface area contributed by atoms with Crippen molar-refractivity contribution >= 4 is 22.6 Å². The number of nitrogens with zero attached hydrogens (tertiary/aromatic N) is 1. The minimum Gasteiger partial charge on any atom is -0.497 e. The number of benzene rings is 3. The van der Waals surface area contributed by atoms with E-state index in [2.05, 4.69) is 29.6 Å². The van der Waals surface area contributed by atoms with Crippen molar-refractivity contribution in [1.82, 2.24) is 10.2 Å². The van der Waals surface area contributed by atoms with E-state index >= 15 is 0 Å². The van der Waals surface area contributed by atoms with Gasteiger partial charge in [-0.1, -0.05) is 54.6 Å². The first-order chi connectivity index (χ1) is 15.0. The van der Waals surface area contributed by atoms with Crippen molar-refractivity contribution in [3.8, 4) is 5.75 Å². The molecule has 0 fully saturated rings. The van der Waals surface area contributed by atoms with Crippen molar-refractivity contribution in [3.05, 3.63) is 77.9 Å². The van der Waals surface area contributed by atoms with E-state index < -0.39 is 6.04 Å². The van der Waals surface area contributed by atoms with Crippen LogP contribution in [0.3, 0.4) is 0 Å². The zero-order valence-corrected chi connectivity index (χ0v) is 18.4. The van der Waals surface area contributed by atoms with Gasteiger partial charge >= 0.3 is 0 Å². The molecule has 0 heterocycles. The van der Waals surface area contributed by atoms with Gasteiger partial charge in [0.2, 0.25) is 11.8 Å². The second-order valence-corrected chi connectivity index (χ2v) is 7.58. The first-order valence-electron chi connectivity index (χ1n) is 10.7. The van der Waals surface area contributed by atoms with Gasteiger partial charge in [0.25, 0.3) is 0 Å². The summed E-state index contributed by atoms with van der Waals surface area (Å²) >= 11 is 0. The fourth-order valence-corrected chi connectivity index (χ4v) is 3.73. The largest absolute Gasteiger partial charge is 0.497 e. The first kappa shape index (κ1) is 22.3. The summed E-state index contributed by atoms with van der Waals surface area (Å²) in [7, 11) is 1.62. The minimum absolute atomic E-state index is 0.0393. The van der Waals surface area contributed by atoms with Crippen LogP contribution in [0.15, 0.2) is 66.7 Å². The van der Waals surface area contributed by atoms with Crippen molar-refractivity contribution in [1.29, 1.82) is 0 Å². The van der Waals surface area contributed by atoms with Gasteiger partial charge in [0.05, 0.1) is 7.11 Å². The standard InChI is InChI=1S/C26H30N2O3/c1-4-27-26(30)19(2)28(18-20-12-15-23(31-3)16-13-20)25(29)17-14-22-10-7-9-21-8-5-6-11-24(21)22/h5-13,15-16,19H,4,14,17-18H2,1-3H3,(H,27,30). The highest BCUT2D eigenvalue weighted by Gasteiger charge is 2.25. The number of aryl methyl sites for hydroxylation is 1. The Morgan fingerprint density at radius 1 is 1.00 bits per heavy atom. The molecule has 0 bridgehead atoms. The Kier molecular flexibility index (Phi) is 7.65. The zero-order valence-electron chi connectivity index (χ0n) is 18.4. The number of rotatable bonds is 9. The molecule has 3 aromatic rings. The Morgan fingerprint density at radius 2 is 1.71 bits per heavy atom. The van der Waals surface area contributed by atoms with E-state index in [0.29, 0.717) is 25.9 Å². The molecule has 5 nitrogen and oxygen atoms in total. The first-order valence-corrected chi connectivity index (χ1v) is 10.7. The molecule has 1 N–H and O–H groups in total. The molecule has 0 aliphatic heterocycles. The van der Waals surface area contributed by atoms with Gasteiger partial charge < -0.3 is 15.0 Å². The molecule has 2 amide bonds. The van der Waals surface area contributed by atoms with Crippen molar-refractivity contribution < 1.29 is 14.3 Å². The van der Waals surface area contributed by atoms with Crippen molar-refractivity contribution in [2.24, 2.45) is 0 Å². The van der Waals surface area contributed by atoms with Crippen molar-refractivity contribution in [2.45, 2.75) is 39.3 Å². The molecule has 0 aliphatic carbocycles. The number of likely N-dealkylation sites (N-methyl/N-ethyl adjacent to an activating group) is 1. The fraction of sp³-hybridized carbons (Fsp3) is 0.308. The average molecular weight is 419 g/mol. The summed E-state index contributed by atoms with van der Waals surface area (Å²) in [6.07, 6.45) is 0.968. The van der Waals surface area contributed by atoms with E-state index in [1.54, 1.807) is 18.9 Å². The minimum atomic E-state index is -0.554. The lowest BCUT2D eigenvalue weighted by atomic mass is 10.0. The molecule has 31 heavy (non-hydrogen) atoms. The van der Waals surface area contributed by atoms with Crippen LogP contribution in [-0.2, 0) is 22.6 Å². The lowest BCUT2D eigenvalue weighted by molar-refractivity contribution is -0.140. The van der Waals surface area contributed by atoms with Crippen molar-refractivity contribution in [2.75, 3.05) is 13.7 Å². The molecule has 3 rings (SSSR count). The summed E-state index contributed by atoms with van der Waals surface area (Å²) in [5.41, 5.74) is 2.09. The lowest BCUT2D eigenvalue weighted by Gasteiger charge is -2.29. The molecular weight excluding hydrogens is 388 g/mol. The van der Waals surface area contributed by atoms with Gasteiger partial charge in [-0.3, -0.25) is 9.59 Å². The maximum Gasteiger partial charge on any atom is 0.242 e. The third-order valence-corrected chi connectivity index (χ3v) is 5.52. The van der Waals surface area contributed by atoms with Crippen LogP contribution >= 0.6 is 0 Å². The summed E-state index contributed by atoms with van der Waals surface area (Å²) < 4.78 is 5.22. The van der Waals surface area contributed by atoms with Crippen LogP contribution in [0.5, 0.6) is 5.75 Å². The van der Waals surface area contributed by atoms with Crippen LogP contribution in [0.4, 0.5) is 0 Å². The molecule has 3 aromatic carbocycles. The number of hydrogen-bond donors (Lipinski definition) is 1. The molecule has 0 spiro atoms. The topological polar surface area (TPSA) is 58.6 Å². The summed E-state index contributed by atoms with van der Waals surface area (Å²) in [6, 6.07) is 21.4. The molecule has 0 aromatic heterocycles. The maximum atomic E-state index is 13.3. The zero-order chi connectivity index (χ0) is 22.2.